The lowest BCUT2D eigenvalue weighted by Crippen LogP contribution is -2.49. The second-order valence-electron chi connectivity index (χ2n) is 9.09. The van der Waals surface area contributed by atoms with Crippen LogP contribution in [0.1, 0.15) is 45.1 Å². The van der Waals surface area contributed by atoms with Gasteiger partial charge >= 0.3 is 0 Å². The molecule has 0 aliphatic carbocycles. The van der Waals surface area contributed by atoms with E-state index in [1.54, 1.807) is 12.1 Å². The summed E-state index contributed by atoms with van der Waals surface area (Å²) in [5.41, 5.74) is 7.90. The highest BCUT2D eigenvalue weighted by molar-refractivity contribution is 5.83. The lowest BCUT2D eigenvalue weighted by Gasteiger charge is -2.40. The van der Waals surface area contributed by atoms with Gasteiger partial charge in [0, 0.05) is 37.6 Å². The monoisotopic (exact) mass is 388 g/mol. The molecule has 3 aliphatic heterocycles. The number of carbonyl (C=O) groups excluding carboxylic acids is 1. The molecular formula is C22H33FN4O. The van der Waals surface area contributed by atoms with E-state index >= 15 is 0 Å². The topological polar surface area (TPSA) is 47.6 Å². The summed E-state index contributed by atoms with van der Waals surface area (Å²) < 4.78 is 13.2. The lowest BCUT2D eigenvalue weighted by atomic mass is 9.79. The summed E-state index contributed by atoms with van der Waals surface area (Å²) in [6.45, 7) is 9.03. The molecule has 3 fully saturated rings. The average Bonchev–Trinajstić information content (AvgIpc) is 3.27. The Morgan fingerprint density at radius 3 is 2.68 bits per heavy atom. The second-order valence-corrected chi connectivity index (χ2v) is 9.09. The highest BCUT2D eigenvalue weighted by atomic mass is 19.1. The fourth-order valence-corrected chi connectivity index (χ4v) is 5.40. The third kappa shape index (κ3) is 3.95. The van der Waals surface area contributed by atoms with E-state index in [4.69, 9.17) is 0 Å². The van der Waals surface area contributed by atoms with E-state index in [0.717, 1.165) is 51.1 Å². The number of amides is 1. The SMILES string of the molecule is CCC1NNC(C(=O)N2CCC3(CCCN(Cc4ccc(F)cc4)C3)C2)C1C. The molecule has 4 rings (SSSR count). The van der Waals surface area contributed by atoms with Crippen molar-refractivity contribution >= 4 is 5.91 Å². The van der Waals surface area contributed by atoms with Gasteiger partial charge in [-0.1, -0.05) is 26.0 Å². The van der Waals surface area contributed by atoms with Crippen molar-refractivity contribution in [2.75, 3.05) is 26.2 Å². The quantitative estimate of drug-likeness (QED) is 0.832. The number of halogens is 1. The van der Waals surface area contributed by atoms with Crippen LogP contribution in [0.4, 0.5) is 4.39 Å². The number of nitrogens with one attached hydrogen (secondary N) is 2. The minimum atomic E-state index is -0.182. The number of hydrogen-bond acceptors (Lipinski definition) is 4. The fourth-order valence-electron chi connectivity index (χ4n) is 5.40. The van der Waals surface area contributed by atoms with Crippen molar-refractivity contribution in [3.05, 3.63) is 35.6 Å². The van der Waals surface area contributed by atoms with E-state index in [1.807, 2.05) is 12.1 Å². The summed E-state index contributed by atoms with van der Waals surface area (Å²) in [6, 6.07) is 7.10. The summed E-state index contributed by atoms with van der Waals surface area (Å²) in [7, 11) is 0. The zero-order valence-electron chi connectivity index (χ0n) is 17.1. The van der Waals surface area contributed by atoms with Crippen molar-refractivity contribution in [2.24, 2.45) is 11.3 Å². The maximum atomic E-state index is 13.2. The zero-order chi connectivity index (χ0) is 19.7. The minimum absolute atomic E-state index is 0.112. The summed E-state index contributed by atoms with van der Waals surface area (Å²) in [6.07, 6.45) is 4.48. The van der Waals surface area contributed by atoms with Crippen LogP contribution in [-0.4, -0.2) is 54.0 Å². The van der Waals surface area contributed by atoms with Crippen LogP contribution in [0.3, 0.4) is 0 Å². The molecule has 4 unspecified atom stereocenters. The Bertz CT molecular complexity index is 696. The fraction of sp³-hybridized carbons (Fsp3) is 0.682. The Hall–Kier alpha value is -1.50. The Kier molecular flexibility index (Phi) is 5.72. The van der Waals surface area contributed by atoms with Gasteiger partial charge in [0.1, 0.15) is 11.9 Å². The van der Waals surface area contributed by atoms with Gasteiger partial charge in [0.2, 0.25) is 5.91 Å². The number of hydrazine groups is 1. The molecule has 1 aromatic carbocycles. The Labute approximate surface area is 167 Å². The number of likely N-dealkylation sites (tertiary alicyclic amines) is 2. The minimum Gasteiger partial charge on any atom is -0.341 e. The third-order valence-corrected chi connectivity index (χ3v) is 7.10. The number of benzene rings is 1. The Balaban J connectivity index is 1.36. The van der Waals surface area contributed by atoms with Crippen LogP contribution in [-0.2, 0) is 11.3 Å². The van der Waals surface area contributed by atoms with Crippen LogP contribution in [0.25, 0.3) is 0 Å². The predicted octanol–water partition coefficient (Wildman–Crippen LogP) is 2.53. The maximum Gasteiger partial charge on any atom is 0.241 e. The standard InChI is InChI=1S/C22H33FN4O/c1-3-19-16(2)20(25-24-19)21(28)27-12-10-22(15-27)9-4-11-26(14-22)13-17-5-7-18(23)8-6-17/h5-8,16,19-20,24-25H,3-4,9-15H2,1-2H3. The molecule has 28 heavy (non-hydrogen) atoms. The Morgan fingerprint density at radius 2 is 1.96 bits per heavy atom. The van der Waals surface area contributed by atoms with Crippen molar-refractivity contribution < 1.29 is 9.18 Å². The van der Waals surface area contributed by atoms with Gasteiger partial charge in [-0.3, -0.25) is 15.1 Å². The highest BCUT2D eigenvalue weighted by Crippen LogP contribution is 2.40. The first-order valence-corrected chi connectivity index (χ1v) is 10.8. The summed E-state index contributed by atoms with van der Waals surface area (Å²) in [5.74, 6) is 0.386. The summed E-state index contributed by atoms with van der Waals surface area (Å²) in [4.78, 5) is 17.7. The molecule has 1 aromatic rings. The van der Waals surface area contributed by atoms with E-state index in [2.05, 4.69) is 34.5 Å². The maximum absolute atomic E-state index is 13.2. The van der Waals surface area contributed by atoms with Gasteiger partial charge in [0.05, 0.1) is 0 Å². The van der Waals surface area contributed by atoms with Crippen molar-refractivity contribution in [3.8, 4) is 0 Å². The molecular weight excluding hydrogens is 355 g/mol. The molecule has 5 nitrogen and oxygen atoms in total. The van der Waals surface area contributed by atoms with Crippen molar-refractivity contribution in [3.63, 3.8) is 0 Å². The molecule has 0 bridgehead atoms. The normalized spacial score (nSPS) is 33.7. The average molecular weight is 389 g/mol. The molecule has 3 heterocycles. The van der Waals surface area contributed by atoms with Gasteiger partial charge in [-0.15, -0.1) is 0 Å². The number of nitrogens with zero attached hydrogens (tertiary/aromatic N) is 2. The number of hydrogen-bond donors (Lipinski definition) is 2. The van der Waals surface area contributed by atoms with E-state index in [-0.39, 0.29) is 23.2 Å². The largest absolute Gasteiger partial charge is 0.341 e. The molecule has 154 valence electrons. The van der Waals surface area contributed by atoms with E-state index in [1.165, 1.54) is 12.8 Å². The summed E-state index contributed by atoms with van der Waals surface area (Å²) >= 11 is 0. The molecule has 2 N–H and O–H groups in total. The third-order valence-electron chi connectivity index (χ3n) is 7.10. The number of carbonyl (C=O) groups is 1. The summed E-state index contributed by atoms with van der Waals surface area (Å²) in [5, 5.41) is 0. The van der Waals surface area contributed by atoms with Crippen LogP contribution in [0, 0.1) is 17.2 Å². The highest BCUT2D eigenvalue weighted by Gasteiger charge is 2.46. The Morgan fingerprint density at radius 1 is 1.18 bits per heavy atom. The van der Waals surface area contributed by atoms with Crippen LogP contribution < -0.4 is 10.9 Å². The van der Waals surface area contributed by atoms with Crippen LogP contribution in [0.2, 0.25) is 0 Å². The van der Waals surface area contributed by atoms with E-state index in [0.29, 0.717) is 12.0 Å². The van der Waals surface area contributed by atoms with Crippen molar-refractivity contribution in [2.45, 2.75) is 58.2 Å². The second kappa shape index (κ2) is 8.09. The van der Waals surface area contributed by atoms with Gasteiger partial charge < -0.3 is 4.90 Å². The molecule has 1 spiro atoms. The molecule has 0 saturated carbocycles. The van der Waals surface area contributed by atoms with Crippen LogP contribution >= 0.6 is 0 Å². The first-order valence-electron chi connectivity index (χ1n) is 10.8. The lowest BCUT2D eigenvalue weighted by molar-refractivity contribution is -0.133. The van der Waals surface area contributed by atoms with Gasteiger partial charge in [-0.05, 0) is 55.8 Å². The van der Waals surface area contributed by atoms with Gasteiger partial charge in [-0.2, -0.15) is 0 Å². The van der Waals surface area contributed by atoms with Gasteiger partial charge in [-0.25, -0.2) is 9.82 Å². The molecule has 3 aliphatic rings. The smallest absolute Gasteiger partial charge is 0.241 e. The molecule has 0 radical (unpaired) electrons. The van der Waals surface area contributed by atoms with Gasteiger partial charge in [0.25, 0.3) is 0 Å². The molecule has 3 saturated heterocycles. The first kappa shape index (κ1) is 19.8. The predicted molar refractivity (Wildman–Crippen MR) is 108 cm³/mol. The van der Waals surface area contributed by atoms with E-state index in [9.17, 15) is 9.18 Å². The van der Waals surface area contributed by atoms with Gasteiger partial charge in [0.15, 0.2) is 0 Å². The first-order chi connectivity index (χ1) is 13.5. The van der Waals surface area contributed by atoms with E-state index < -0.39 is 0 Å². The molecule has 6 heteroatoms. The van der Waals surface area contributed by atoms with Crippen LogP contribution in [0.5, 0.6) is 0 Å². The van der Waals surface area contributed by atoms with Crippen molar-refractivity contribution in [1.82, 2.24) is 20.7 Å². The van der Waals surface area contributed by atoms with Crippen molar-refractivity contribution in [1.29, 1.82) is 0 Å². The number of rotatable bonds is 4. The molecule has 4 atom stereocenters. The zero-order valence-corrected chi connectivity index (χ0v) is 17.1. The molecule has 0 aromatic heterocycles. The number of piperidine rings is 1. The van der Waals surface area contributed by atoms with Crippen LogP contribution in [0.15, 0.2) is 24.3 Å². The molecule has 1 amide bonds.